The molecule has 0 aromatic heterocycles. The lowest BCUT2D eigenvalue weighted by molar-refractivity contribution is 0.300. The van der Waals surface area contributed by atoms with E-state index in [0.717, 1.165) is 23.8 Å². The van der Waals surface area contributed by atoms with Crippen LogP contribution in [-0.2, 0) is 6.54 Å². The Labute approximate surface area is 89.0 Å². The summed E-state index contributed by atoms with van der Waals surface area (Å²) in [5, 5.41) is 0.661. The minimum absolute atomic E-state index is 0.516. The standard InChI is InChI=1S/C11H14ClNO/c12-10-5-9(6-13)3-4-11(10)14-7-8-1-2-8/h3-5,8H,1-2,6-7,13H2. The summed E-state index contributed by atoms with van der Waals surface area (Å²) < 4.78 is 5.59. The van der Waals surface area contributed by atoms with Gasteiger partial charge in [0.15, 0.2) is 0 Å². The Morgan fingerprint density at radius 3 is 2.79 bits per heavy atom. The summed E-state index contributed by atoms with van der Waals surface area (Å²) in [6, 6.07) is 5.71. The molecule has 3 heteroatoms. The Kier molecular flexibility index (Phi) is 2.94. The molecule has 0 radical (unpaired) electrons. The van der Waals surface area contributed by atoms with Crippen LogP contribution in [0.2, 0.25) is 5.02 Å². The van der Waals surface area contributed by atoms with Crippen molar-refractivity contribution in [3.63, 3.8) is 0 Å². The van der Waals surface area contributed by atoms with Gasteiger partial charge in [0.2, 0.25) is 0 Å². The van der Waals surface area contributed by atoms with Gasteiger partial charge in [-0.1, -0.05) is 17.7 Å². The average Bonchev–Trinajstić information content (AvgIpc) is 2.99. The van der Waals surface area contributed by atoms with Crippen LogP contribution in [0.25, 0.3) is 0 Å². The SMILES string of the molecule is NCc1ccc(OCC2CC2)c(Cl)c1. The van der Waals surface area contributed by atoms with Crippen LogP contribution >= 0.6 is 11.6 Å². The van der Waals surface area contributed by atoms with Crippen molar-refractivity contribution in [2.24, 2.45) is 11.7 Å². The van der Waals surface area contributed by atoms with Crippen molar-refractivity contribution in [3.8, 4) is 5.75 Å². The van der Waals surface area contributed by atoms with Gasteiger partial charge in [0.1, 0.15) is 5.75 Å². The summed E-state index contributed by atoms with van der Waals surface area (Å²) in [6.45, 7) is 1.31. The second-order valence-electron chi connectivity index (χ2n) is 3.72. The second-order valence-corrected chi connectivity index (χ2v) is 4.13. The largest absolute Gasteiger partial charge is 0.492 e. The molecule has 2 nitrogen and oxygen atoms in total. The van der Waals surface area contributed by atoms with Crippen LogP contribution in [0.1, 0.15) is 18.4 Å². The van der Waals surface area contributed by atoms with Crippen LogP contribution in [0.5, 0.6) is 5.75 Å². The number of benzene rings is 1. The predicted octanol–water partition coefficient (Wildman–Crippen LogP) is 2.59. The third kappa shape index (κ3) is 2.40. The van der Waals surface area contributed by atoms with E-state index >= 15 is 0 Å². The lowest BCUT2D eigenvalue weighted by Crippen LogP contribution is -2.01. The number of ether oxygens (including phenoxy) is 1. The van der Waals surface area contributed by atoms with Gasteiger partial charge in [0, 0.05) is 6.54 Å². The van der Waals surface area contributed by atoms with Crippen LogP contribution in [-0.4, -0.2) is 6.61 Å². The normalized spacial score (nSPS) is 15.6. The summed E-state index contributed by atoms with van der Waals surface area (Å²) in [4.78, 5) is 0. The van der Waals surface area contributed by atoms with E-state index < -0.39 is 0 Å². The van der Waals surface area contributed by atoms with E-state index in [1.165, 1.54) is 12.8 Å². The van der Waals surface area contributed by atoms with E-state index in [1.54, 1.807) is 0 Å². The first-order valence-electron chi connectivity index (χ1n) is 4.91. The Balaban J connectivity index is 2.01. The maximum atomic E-state index is 6.03. The summed E-state index contributed by atoms with van der Waals surface area (Å²) in [5.41, 5.74) is 6.54. The maximum Gasteiger partial charge on any atom is 0.137 e. The summed E-state index contributed by atoms with van der Waals surface area (Å²) in [5.74, 6) is 1.52. The van der Waals surface area contributed by atoms with Crippen LogP contribution in [0.3, 0.4) is 0 Å². The molecule has 0 unspecified atom stereocenters. The topological polar surface area (TPSA) is 35.2 Å². The lowest BCUT2D eigenvalue weighted by Gasteiger charge is -2.08. The van der Waals surface area contributed by atoms with Crippen molar-refractivity contribution in [2.45, 2.75) is 19.4 Å². The number of halogens is 1. The molecule has 76 valence electrons. The summed E-state index contributed by atoms with van der Waals surface area (Å²) in [6.07, 6.45) is 2.58. The van der Waals surface area contributed by atoms with E-state index in [0.29, 0.717) is 11.6 Å². The van der Waals surface area contributed by atoms with Gasteiger partial charge < -0.3 is 10.5 Å². The molecular formula is C11H14ClNO. The van der Waals surface area contributed by atoms with Crippen molar-refractivity contribution in [1.29, 1.82) is 0 Å². The summed E-state index contributed by atoms with van der Waals surface area (Å²) >= 11 is 6.03. The molecular weight excluding hydrogens is 198 g/mol. The van der Waals surface area contributed by atoms with Crippen LogP contribution < -0.4 is 10.5 Å². The first-order chi connectivity index (χ1) is 6.79. The first-order valence-corrected chi connectivity index (χ1v) is 5.28. The summed E-state index contributed by atoms with van der Waals surface area (Å²) in [7, 11) is 0. The average molecular weight is 212 g/mol. The zero-order valence-electron chi connectivity index (χ0n) is 8.00. The smallest absolute Gasteiger partial charge is 0.137 e. The fourth-order valence-electron chi connectivity index (χ4n) is 1.28. The number of hydrogen-bond acceptors (Lipinski definition) is 2. The van der Waals surface area contributed by atoms with Gasteiger partial charge in [-0.15, -0.1) is 0 Å². The molecule has 1 fully saturated rings. The van der Waals surface area contributed by atoms with Crippen LogP contribution in [0, 0.1) is 5.92 Å². The molecule has 0 bridgehead atoms. The minimum Gasteiger partial charge on any atom is -0.492 e. The zero-order chi connectivity index (χ0) is 9.97. The van der Waals surface area contributed by atoms with Gasteiger partial charge in [-0.05, 0) is 36.5 Å². The molecule has 0 spiro atoms. The van der Waals surface area contributed by atoms with Crippen LogP contribution in [0.4, 0.5) is 0 Å². The van der Waals surface area contributed by atoms with Gasteiger partial charge in [-0.2, -0.15) is 0 Å². The number of nitrogens with two attached hydrogens (primary N) is 1. The second kappa shape index (κ2) is 4.20. The molecule has 14 heavy (non-hydrogen) atoms. The molecule has 0 heterocycles. The highest BCUT2D eigenvalue weighted by Crippen LogP contribution is 2.31. The predicted molar refractivity (Wildman–Crippen MR) is 57.6 cm³/mol. The van der Waals surface area contributed by atoms with E-state index in [1.807, 2.05) is 18.2 Å². The number of hydrogen-bond donors (Lipinski definition) is 1. The fraction of sp³-hybridized carbons (Fsp3) is 0.455. The van der Waals surface area contributed by atoms with Crippen molar-refractivity contribution in [2.75, 3.05) is 6.61 Å². The molecule has 0 aliphatic heterocycles. The van der Waals surface area contributed by atoms with Gasteiger partial charge in [0.25, 0.3) is 0 Å². The minimum atomic E-state index is 0.516. The molecule has 1 saturated carbocycles. The molecule has 1 aromatic carbocycles. The van der Waals surface area contributed by atoms with Crippen LogP contribution in [0.15, 0.2) is 18.2 Å². The van der Waals surface area contributed by atoms with E-state index in [2.05, 4.69) is 0 Å². The van der Waals surface area contributed by atoms with Crippen molar-refractivity contribution in [3.05, 3.63) is 28.8 Å². The van der Waals surface area contributed by atoms with Gasteiger partial charge in [0.05, 0.1) is 11.6 Å². The van der Waals surface area contributed by atoms with Crippen molar-refractivity contribution >= 4 is 11.6 Å². The molecule has 0 amide bonds. The fourth-order valence-corrected chi connectivity index (χ4v) is 1.54. The molecule has 2 N–H and O–H groups in total. The van der Waals surface area contributed by atoms with Gasteiger partial charge >= 0.3 is 0 Å². The lowest BCUT2D eigenvalue weighted by atomic mass is 10.2. The van der Waals surface area contributed by atoms with E-state index in [9.17, 15) is 0 Å². The highest BCUT2D eigenvalue weighted by molar-refractivity contribution is 6.32. The van der Waals surface area contributed by atoms with Gasteiger partial charge in [-0.25, -0.2) is 0 Å². The van der Waals surface area contributed by atoms with Crippen molar-refractivity contribution < 1.29 is 4.74 Å². The Morgan fingerprint density at radius 1 is 1.43 bits per heavy atom. The third-order valence-electron chi connectivity index (χ3n) is 2.40. The highest BCUT2D eigenvalue weighted by atomic mass is 35.5. The number of rotatable bonds is 4. The first kappa shape index (κ1) is 9.81. The third-order valence-corrected chi connectivity index (χ3v) is 2.70. The Morgan fingerprint density at radius 2 is 2.21 bits per heavy atom. The quantitative estimate of drug-likeness (QED) is 0.831. The molecule has 0 atom stereocenters. The Hall–Kier alpha value is -0.730. The van der Waals surface area contributed by atoms with Crippen molar-refractivity contribution in [1.82, 2.24) is 0 Å². The molecule has 1 aromatic rings. The van der Waals surface area contributed by atoms with Gasteiger partial charge in [-0.3, -0.25) is 0 Å². The zero-order valence-corrected chi connectivity index (χ0v) is 8.76. The molecule has 2 rings (SSSR count). The Bertz CT molecular complexity index is 323. The molecule has 0 saturated heterocycles. The maximum absolute atomic E-state index is 6.03. The van der Waals surface area contributed by atoms with E-state index in [-0.39, 0.29) is 0 Å². The van der Waals surface area contributed by atoms with E-state index in [4.69, 9.17) is 22.1 Å². The highest BCUT2D eigenvalue weighted by Gasteiger charge is 2.22. The molecule has 1 aliphatic carbocycles. The molecule has 1 aliphatic rings. The monoisotopic (exact) mass is 211 g/mol.